The van der Waals surface area contributed by atoms with E-state index >= 15 is 0 Å². The highest BCUT2D eigenvalue weighted by Crippen LogP contribution is 2.23. The lowest BCUT2D eigenvalue weighted by Crippen LogP contribution is -2.21. The minimum atomic E-state index is -0.528. The Labute approximate surface area is 117 Å². The fraction of sp³-hybridized carbons (Fsp3) is 0.0909. The number of rotatable bonds is 3. The molecule has 1 aromatic carbocycles. The van der Waals surface area contributed by atoms with Gasteiger partial charge in [0, 0.05) is 23.5 Å². The van der Waals surface area contributed by atoms with E-state index in [1.807, 2.05) is 0 Å². The Morgan fingerprint density at radius 2 is 2.11 bits per heavy atom. The summed E-state index contributed by atoms with van der Waals surface area (Å²) in [4.78, 5) is 25.7. The molecule has 0 radical (unpaired) electrons. The van der Waals surface area contributed by atoms with Crippen molar-refractivity contribution < 1.29 is 4.92 Å². The second kappa shape index (κ2) is 5.38. The number of halogens is 2. The van der Waals surface area contributed by atoms with Gasteiger partial charge in [-0.15, -0.1) is 0 Å². The summed E-state index contributed by atoms with van der Waals surface area (Å²) in [7, 11) is 0. The van der Waals surface area contributed by atoms with Gasteiger partial charge >= 0.3 is 0 Å². The zero-order chi connectivity index (χ0) is 14.0. The van der Waals surface area contributed by atoms with Crippen molar-refractivity contribution >= 4 is 28.9 Å². The summed E-state index contributed by atoms with van der Waals surface area (Å²) in [6, 6.07) is 4.16. The van der Waals surface area contributed by atoms with Gasteiger partial charge in [-0.3, -0.25) is 14.9 Å². The molecule has 0 N–H and O–H groups in total. The van der Waals surface area contributed by atoms with Crippen LogP contribution in [0, 0.1) is 10.1 Å². The molecule has 2 aromatic rings. The fourth-order valence-corrected chi connectivity index (χ4v) is 1.95. The molecule has 1 aromatic heterocycles. The SMILES string of the molecule is O=c1c(Cl)nccn1Cc1cc(Cl)ccc1[N+](=O)[O-]. The molecule has 0 aliphatic carbocycles. The summed E-state index contributed by atoms with van der Waals surface area (Å²) in [5, 5.41) is 11.1. The van der Waals surface area contributed by atoms with E-state index in [2.05, 4.69) is 4.98 Å². The topological polar surface area (TPSA) is 78.0 Å². The molecule has 0 aliphatic rings. The zero-order valence-corrected chi connectivity index (χ0v) is 10.9. The van der Waals surface area contributed by atoms with Gasteiger partial charge < -0.3 is 4.57 Å². The summed E-state index contributed by atoms with van der Waals surface area (Å²) >= 11 is 11.4. The number of nitro groups is 1. The van der Waals surface area contributed by atoms with E-state index in [4.69, 9.17) is 23.2 Å². The number of nitro benzene ring substituents is 1. The Hall–Kier alpha value is -1.92. The van der Waals surface area contributed by atoms with Gasteiger partial charge in [-0.05, 0) is 12.1 Å². The van der Waals surface area contributed by atoms with Gasteiger partial charge in [0.15, 0.2) is 5.15 Å². The van der Waals surface area contributed by atoms with Crippen LogP contribution < -0.4 is 5.56 Å². The van der Waals surface area contributed by atoms with Crippen molar-refractivity contribution in [2.75, 3.05) is 0 Å². The Bertz CT molecular complexity index is 700. The van der Waals surface area contributed by atoms with Crippen molar-refractivity contribution in [3.05, 3.63) is 66.8 Å². The van der Waals surface area contributed by atoms with Gasteiger partial charge in [-0.1, -0.05) is 23.2 Å². The number of nitrogens with zero attached hydrogens (tertiary/aromatic N) is 3. The van der Waals surface area contributed by atoms with Crippen LogP contribution in [0.15, 0.2) is 35.4 Å². The van der Waals surface area contributed by atoms with Gasteiger partial charge in [0.1, 0.15) is 0 Å². The van der Waals surface area contributed by atoms with Gasteiger partial charge in [-0.2, -0.15) is 0 Å². The second-order valence-corrected chi connectivity index (χ2v) is 4.48. The molecule has 8 heteroatoms. The number of aromatic nitrogens is 2. The van der Waals surface area contributed by atoms with Crippen LogP contribution in [0.4, 0.5) is 5.69 Å². The quantitative estimate of drug-likeness (QED) is 0.644. The first kappa shape index (κ1) is 13.5. The molecule has 0 unspecified atom stereocenters. The predicted octanol–water partition coefficient (Wildman–Crippen LogP) is 2.51. The van der Waals surface area contributed by atoms with Gasteiger partial charge in [-0.25, -0.2) is 4.98 Å². The first-order chi connectivity index (χ1) is 8.99. The van der Waals surface area contributed by atoms with Crippen LogP contribution in [0.3, 0.4) is 0 Å². The summed E-state index contributed by atoms with van der Waals surface area (Å²) in [5.41, 5.74) is -0.301. The first-order valence-corrected chi connectivity index (χ1v) is 5.88. The molecule has 0 spiro atoms. The van der Waals surface area contributed by atoms with Crippen molar-refractivity contribution in [1.29, 1.82) is 0 Å². The summed E-state index contributed by atoms with van der Waals surface area (Å²) in [6.45, 7) is -0.00204. The Morgan fingerprint density at radius 3 is 2.79 bits per heavy atom. The maximum absolute atomic E-state index is 11.7. The Morgan fingerprint density at radius 1 is 1.37 bits per heavy atom. The lowest BCUT2D eigenvalue weighted by atomic mass is 10.2. The van der Waals surface area contributed by atoms with Gasteiger partial charge in [0.05, 0.1) is 17.0 Å². The van der Waals surface area contributed by atoms with Crippen LogP contribution in [-0.2, 0) is 6.54 Å². The molecule has 2 rings (SSSR count). The predicted molar refractivity (Wildman–Crippen MR) is 70.7 cm³/mol. The Kier molecular flexibility index (Phi) is 3.82. The highest BCUT2D eigenvalue weighted by Gasteiger charge is 2.15. The minimum Gasteiger partial charge on any atom is -0.307 e. The molecule has 0 saturated carbocycles. The monoisotopic (exact) mass is 299 g/mol. The Balaban J connectivity index is 2.48. The standard InChI is InChI=1S/C11H7Cl2N3O3/c12-8-1-2-9(16(18)19)7(5-8)6-15-4-3-14-10(13)11(15)17/h1-5H,6H2. The van der Waals surface area contributed by atoms with Crippen LogP contribution >= 0.6 is 23.2 Å². The van der Waals surface area contributed by atoms with E-state index in [1.54, 1.807) is 0 Å². The largest absolute Gasteiger partial charge is 0.307 e. The normalized spacial score (nSPS) is 10.4. The smallest absolute Gasteiger partial charge is 0.288 e. The van der Waals surface area contributed by atoms with Crippen LogP contribution in [0.1, 0.15) is 5.56 Å². The van der Waals surface area contributed by atoms with E-state index in [0.29, 0.717) is 10.6 Å². The third kappa shape index (κ3) is 2.91. The molecule has 0 bridgehead atoms. The van der Waals surface area contributed by atoms with E-state index in [0.717, 1.165) is 0 Å². The first-order valence-electron chi connectivity index (χ1n) is 5.13. The molecule has 0 fully saturated rings. The van der Waals surface area contributed by atoms with Crippen molar-refractivity contribution in [3.63, 3.8) is 0 Å². The van der Waals surface area contributed by atoms with Crippen LogP contribution in [0.25, 0.3) is 0 Å². The maximum atomic E-state index is 11.7. The van der Waals surface area contributed by atoms with Crippen molar-refractivity contribution in [2.45, 2.75) is 6.54 Å². The molecule has 0 aliphatic heterocycles. The van der Waals surface area contributed by atoms with Crippen molar-refractivity contribution in [3.8, 4) is 0 Å². The molecular weight excluding hydrogens is 293 g/mol. The highest BCUT2D eigenvalue weighted by molar-refractivity contribution is 6.30. The average Bonchev–Trinajstić information content (AvgIpc) is 2.35. The average molecular weight is 300 g/mol. The van der Waals surface area contributed by atoms with E-state index in [-0.39, 0.29) is 17.4 Å². The van der Waals surface area contributed by atoms with Crippen LogP contribution in [0.5, 0.6) is 0 Å². The lowest BCUT2D eigenvalue weighted by Gasteiger charge is -2.06. The molecule has 98 valence electrons. The van der Waals surface area contributed by atoms with Crippen molar-refractivity contribution in [2.24, 2.45) is 0 Å². The van der Waals surface area contributed by atoms with E-state index in [9.17, 15) is 14.9 Å². The zero-order valence-electron chi connectivity index (χ0n) is 9.42. The molecule has 6 nitrogen and oxygen atoms in total. The maximum Gasteiger partial charge on any atom is 0.288 e. The van der Waals surface area contributed by atoms with Crippen molar-refractivity contribution in [1.82, 2.24) is 9.55 Å². The third-order valence-corrected chi connectivity index (χ3v) is 2.95. The third-order valence-electron chi connectivity index (χ3n) is 2.45. The number of benzene rings is 1. The highest BCUT2D eigenvalue weighted by atomic mass is 35.5. The van der Waals surface area contributed by atoms with Crippen LogP contribution in [0.2, 0.25) is 10.2 Å². The summed E-state index contributed by atoms with van der Waals surface area (Å²) in [6.07, 6.45) is 2.75. The number of hydrogen-bond donors (Lipinski definition) is 0. The van der Waals surface area contributed by atoms with Gasteiger partial charge in [0.25, 0.3) is 11.2 Å². The van der Waals surface area contributed by atoms with Gasteiger partial charge in [0.2, 0.25) is 0 Å². The van der Waals surface area contributed by atoms with Crippen LogP contribution in [-0.4, -0.2) is 14.5 Å². The van der Waals surface area contributed by atoms with E-state index < -0.39 is 10.5 Å². The summed E-state index contributed by atoms with van der Waals surface area (Å²) < 4.78 is 1.23. The minimum absolute atomic E-state index is 0.00204. The lowest BCUT2D eigenvalue weighted by molar-refractivity contribution is -0.385. The molecular formula is C11H7Cl2N3O3. The molecule has 0 atom stereocenters. The fourth-order valence-electron chi connectivity index (χ4n) is 1.59. The second-order valence-electron chi connectivity index (χ2n) is 3.68. The molecule has 0 saturated heterocycles. The molecule has 1 heterocycles. The molecule has 19 heavy (non-hydrogen) atoms. The number of hydrogen-bond acceptors (Lipinski definition) is 4. The summed E-state index contributed by atoms with van der Waals surface area (Å²) in [5.74, 6) is 0. The molecule has 0 amide bonds. The van der Waals surface area contributed by atoms with E-state index in [1.165, 1.54) is 35.2 Å².